The van der Waals surface area contributed by atoms with Gasteiger partial charge < -0.3 is 21.1 Å². The van der Waals surface area contributed by atoms with Crippen molar-refractivity contribution in [3.63, 3.8) is 0 Å². The second-order valence-electron chi connectivity index (χ2n) is 5.97. The third kappa shape index (κ3) is 6.66. The largest absolute Gasteiger partial charge is 0.497 e. The SMILES string of the molecule is COc1ccc(C=CC(=O)NC(C)C(=O)NC(C(N)=O)C(C)C)cc1. The molecule has 2 atom stereocenters. The number of ether oxygens (including phenoxy) is 1. The van der Waals surface area contributed by atoms with Crippen LogP contribution in [0.1, 0.15) is 26.3 Å². The number of hydrogen-bond acceptors (Lipinski definition) is 4. The van der Waals surface area contributed by atoms with Crippen molar-refractivity contribution in [3.05, 3.63) is 35.9 Å². The first-order chi connectivity index (χ1) is 11.7. The third-order valence-electron chi connectivity index (χ3n) is 3.57. The van der Waals surface area contributed by atoms with Crippen LogP contribution in [0.5, 0.6) is 5.75 Å². The molecule has 25 heavy (non-hydrogen) atoms. The average Bonchev–Trinajstić information content (AvgIpc) is 2.57. The second kappa shape index (κ2) is 9.46. The number of primary amides is 1. The van der Waals surface area contributed by atoms with Crippen LogP contribution in [0.25, 0.3) is 6.08 Å². The lowest BCUT2D eigenvalue weighted by molar-refractivity contribution is -0.130. The molecule has 0 spiro atoms. The van der Waals surface area contributed by atoms with Crippen LogP contribution in [0.3, 0.4) is 0 Å². The zero-order chi connectivity index (χ0) is 19.0. The molecule has 4 N–H and O–H groups in total. The molecule has 3 amide bonds. The Morgan fingerprint density at radius 2 is 1.68 bits per heavy atom. The van der Waals surface area contributed by atoms with E-state index in [1.54, 1.807) is 51.3 Å². The maximum Gasteiger partial charge on any atom is 0.244 e. The smallest absolute Gasteiger partial charge is 0.244 e. The maximum absolute atomic E-state index is 12.1. The molecule has 0 aromatic heterocycles. The van der Waals surface area contributed by atoms with Gasteiger partial charge in [-0.05, 0) is 36.6 Å². The zero-order valence-corrected chi connectivity index (χ0v) is 14.9. The Balaban J connectivity index is 2.58. The van der Waals surface area contributed by atoms with Gasteiger partial charge >= 0.3 is 0 Å². The summed E-state index contributed by atoms with van der Waals surface area (Å²) >= 11 is 0. The lowest BCUT2D eigenvalue weighted by Gasteiger charge is -2.21. The predicted molar refractivity (Wildman–Crippen MR) is 95.6 cm³/mol. The number of benzene rings is 1. The van der Waals surface area contributed by atoms with Crippen molar-refractivity contribution in [2.45, 2.75) is 32.9 Å². The van der Waals surface area contributed by atoms with E-state index >= 15 is 0 Å². The van der Waals surface area contributed by atoms with E-state index in [-0.39, 0.29) is 5.92 Å². The van der Waals surface area contributed by atoms with Gasteiger partial charge in [0, 0.05) is 6.08 Å². The molecule has 0 radical (unpaired) electrons. The first kappa shape index (κ1) is 20.2. The summed E-state index contributed by atoms with van der Waals surface area (Å²) in [7, 11) is 1.58. The van der Waals surface area contributed by atoms with Gasteiger partial charge in [0.05, 0.1) is 7.11 Å². The Hall–Kier alpha value is -2.83. The Labute approximate surface area is 147 Å². The molecule has 0 heterocycles. The van der Waals surface area contributed by atoms with Crippen molar-refractivity contribution < 1.29 is 19.1 Å². The van der Waals surface area contributed by atoms with E-state index in [1.165, 1.54) is 13.0 Å². The van der Waals surface area contributed by atoms with Crippen molar-refractivity contribution in [3.8, 4) is 5.75 Å². The molecule has 0 fully saturated rings. The van der Waals surface area contributed by atoms with E-state index in [2.05, 4.69) is 10.6 Å². The van der Waals surface area contributed by atoms with E-state index in [1.807, 2.05) is 0 Å². The summed E-state index contributed by atoms with van der Waals surface area (Å²) in [5.41, 5.74) is 6.08. The van der Waals surface area contributed by atoms with E-state index in [4.69, 9.17) is 10.5 Å². The van der Waals surface area contributed by atoms with Crippen molar-refractivity contribution in [2.75, 3.05) is 7.11 Å². The summed E-state index contributed by atoms with van der Waals surface area (Å²) in [4.78, 5) is 35.3. The molecule has 7 heteroatoms. The molecule has 7 nitrogen and oxygen atoms in total. The van der Waals surface area contributed by atoms with Crippen LogP contribution in [0.2, 0.25) is 0 Å². The molecule has 0 bridgehead atoms. The Morgan fingerprint density at radius 1 is 1.08 bits per heavy atom. The van der Waals surface area contributed by atoms with E-state index < -0.39 is 29.8 Å². The number of hydrogen-bond donors (Lipinski definition) is 3. The maximum atomic E-state index is 12.1. The van der Waals surface area contributed by atoms with Crippen molar-refractivity contribution in [1.82, 2.24) is 10.6 Å². The molecule has 136 valence electrons. The highest BCUT2D eigenvalue weighted by Gasteiger charge is 2.24. The molecule has 0 aliphatic heterocycles. The highest BCUT2D eigenvalue weighted by atomic mass is 16.5. The highest BCUT2D eigenvalue weighted by Crippen LogP contribution is 2.12. The lowest BCUT2D eigenvalue weighted by Crippen LogP contribution is -2.53. The molecule has 0 saturated carbocycles. The lowest BCUT2D eigenvalue weighted by atomic mass is 10.0. The van der Waals surface area contributed by atoms with Crippen molar-refractivity contribution in [1.29, 1.82) is 0 Å². The van der Waals surface area contributed by atoms with Gasteiger partial charge in [0.1, 0.15) is 17.8 Å². The monoisotopic (exact) mass is 347 g/mol. The summed E-state index contributed by atoms with van der Waals surface area (Å²) in [6.07, 6.45) is 2.96. The summed E-state index contributed by atoms with van der Waals surface area (Å²) < 4.78 is 5.06. The van der Waals surface area contributed by atoms with Gasteiger partial charge in [-0.3, -0.25) is 14.4 Å². The van der Waals surface area contributed by atoms with Crippen molar-refractivity contribution in [2.24, 2.45) is 11.7 Å². The minimum Gasteiger partial charge on any atom is -0.497 e. The number of methoxy groups -OCH3 is 1. The van der Waals surface area contributed by atoms with Crippen LogP contribution in [0, 0.1) is 5.92 Å². The number of carbonyl (C=O) groups excluding carboxylic acids is 3. The molecular weight excluding hydrogens is 322 g/mol. The van der Waals surface area contributed by atoms with E-state index in [9.17, 15) is 14.4 Å². The quantitative estimate of drug-likeness (QED) is 0.605. The van der Waals surface area contributed by atoms with Crippen molar-refractivity contribution >= 4 is 23.8 Å². The Morgan fingerprint density at radius 3 is 2.16 bits per heavy atom. The first-order valence-electron chi connectivity index (χ1n) is 7.97. The third-order valence-corrected chi connectivity index (χ3v) is 3.57. The van der Waals surface area contributed by atoms with Gasteiger partial charge in [-0.15, -0.1) is 0 Å². The van der Waals surface area contributed by atoms with Crippen LogP contribution in [-0.4, -0.2) is 36.9 Å². The van der Waals surface area contributed by atoms with Gasteiger partial charge in [0.2, 0.25) is 17.7 Å². The Bertz CT molecular complexity index is 638. The number of rotatable bonds is 8. The minimum atomic E-state index is -0.798. The summed E-state index contributed by atoms with van der Waals surface area (Å²) in [5.74, 6) is -0.913. The zero-order valence-electron chi connectivity index (χ0n) is 14.9. The molecule has 1 rings (SSSR count). The fourth-order valence-corrected chi connectivity index (χ4v) is 2.06. The normalized spacial score (nSPS) is 13.3. The summed E-state index contributed by atoms with van der Waals surface area (Å²) in [6, 6.07) is 5.60. The highest BCUT2D eigenvalue weighted by molar-refractivity contribution is 5.96. The summed E-state index contributed by atoms with van der Waals surface area (Å²) in [6.45, 7) is 5.08. The second-order valence-corrected chi connectivity index (χ2v) is 5.97. The number of nitrogens with two attached hydrogens (primary N) is 1. The molecule has 0 aliphatic carbocycles. The van der Waals surface area contributed by atoms with Crippen LogP contribution >= 0.6 is 0 Å². The topological polar surface area (TPSA) is 111 Å². The van der Waals surface area contributed by atoms with Gasteiger partial charge in [-0.2, -0.15) is 0 Å². The molecule has 0 aliphatic rings. The molecule has 2 unspecified atom stereocenters. The van der Waals surface area contributed by atoms with E-state index in [0.717, 1.165) is 11.3 Å². The van der Waals surface area contributed by atoms with Gasteiger partial charge in [-0.25, -0.2) is 0 Å². The van der Waals surface area contributed by atoms with Crippen LogP contribution < -0.4 is 21.1 Å². The van der Waals surface area contributed by atoms with Crippen LogP contribution in [0.15, 0.2) is 30.3 Å². The summed E-state index contributed by atoms with van der Waals surface area (Å²) in [5, 5.41) is 5.08. The molecule has 0 saturated heterocycles. The molecule has 1 aromatic rings. The fourth-order valence-electron chi connectivity index (χ4n) is 2.06. The number of carbonyl (C=O) groups is 3. The van der Waals surface area contributed by atoms with Crippen LogP contribution in [-0.2, 0) is 14.4 Å². The minimum absolute atomic E-state index is 0.140. The van der Waals surface area contributed by atoms with Crippen LogP contribution in [0.4, 0.5) is 0 Å². The standard InChI is InChI=1S/C18H25N3O4/c1-11(2)16(17(19)23)21-18(24)12(3)20-15(22)10-7-13-5-8-14(25-4)9-6-13/h5-12,16H,1-4H3,(H2,19,23)(H,20,22)(H,21,24). The molecule has 1 aromatic carbocycles. The van der Waals surface area contributed by atoms with Gasteiger partial charge in [-0.1, -0.05) is 26.0 Å². The number of nitrogens with one attached hydrogen (secondary N) is 2. The Kier molecular flexibility index (Phi) is 7.65. The first-order valence-corrected chi connectivity index (χ1v) is 7.97. The van der Waals surface area contributed by atoms with Gasteiger partial charge in [0.25, 0.3) is 0 Å². The van der Waals surface area contributed by atoms with E-state index in [0.29, 0.717) is 0 Å². The van der Waals surface area contributed by atoms with Gasteiger partial charge in [0.15, 0.2) is 0 Å². The fraction of sp³-hybridized carbons (Fsp3) is 0.389. The molecular formula is C18H25N3O4. The predicted octanol–water partition coefficient (Wildman–Crippen LogP) is 0.839. The number of amides is 3. The average molecular weight is 347 g/mol.